The van der Waals surface area contributed by atoms with Gasteiger partial charge in [-0.1, -0.05) is 0 Å². The Labute approximate surface area is 124 Å². The van der Waals surface area contributed by atoms with Crippen molar-refractivity contribution < 1.29 is 9.53 Å². The lowest BCUT2D eigenvalue weighted by molar-refractivity contribution is 0.0298. The van der Waals surface area contributed by atoms with E-state index in [4.69, 9.17) is 4.74 Å². The first-order valence-electron chi connectivity index (χ1n) is 7.38. The van der Waals surface area contributed by atoms with Gasteiger partial charge in [0.1, 0.15) is 0 Å². The summed E-state index contributed by atoms with van der Waals surface area (Å²) in [5, 5.41) is 8.33. The van der Waals surface area contributed by atoms with Crippen molar-refractivity contribution in [3.63, 3.8) is 0 Å². The molecular weight excluding hydrogens is 270 g/mol. The zero-order chi connectivity index (χ0) is 14.7. The van der Waals surface area contributed by atoms with Gasteiger partial charge in [0.05, 0.1) is 13.2 Å². The van der Waals surface area contributed by atoms with Gasteiger partial charge in [0.15, 0.2) is 11.5 Å². The molecule has 2 aliphatic rings. The van der Waals surface area contributed by atoms with Crippen molar-refractivity contribution in [3.8, 4) is 0 Å². The minimum atomic E-state index is -0.0595. The van der Waals surface area contributed by atoms with E-state index < -0.39 is 0 Å². The predicted molar refractivity (Wildman–Crippen MR) is 78.5 cm³/mol. The fraction of sp³-hybridized carbons (Fsp3) is 0.643. The van der Waals surface area contributed by atoms with Crippen LogP contribution in [0.15, 0.2) is 12.1 Å². The SMILES string of the molecule is CN1CCN(c2ccc(C(=O)N3CCOCC3)nn2)CC1. The number of aromatic nitrogens is 2. The van der Waals surface area contributed by atoms with Gasteiger partial charge >= 0.3 is 0 Å². The molecule has 114 valence electrons. The highest BCUT2D eigenvalue weighted by Crippen LogP contribution is 2.13. The fourth-order valence-corrected chi connectivity index (χ4v) is 2.57. The zero-order valence-corrected chi connectivity index (χ0v) is 12.4. The Bertz CT molecular complexity index is 479. The highest BCUT2D eigenvalue weighted by atomic mass is 16.5. The molecule has 3 rings (SSSR count). The molecule has 3 heterocycles. The van der Waals surface area contributed by atoms with E-state index in [1.165, 1.54) is 0 Å². The Hall–Kier alpha value is -1.73. The summed E-state index contributed by atoms with van der Waals surface area (Å²) in [5.74, 6) is 0.789. The molecule has 0 N–H and O–H groups in total. The van der Waals surface area contributed by atoms with Gasteiger partial charge in [-0.15, -0.1) is 10.2 Å². The van der Waals surface area contributed by atoms with Crippen LogP contribution in [-0.4, -0.2) is 85.4 Å². The van der Waals surface area contributed by atoms with Crippen LogP contribution in [0.5, 0.6) is 0 Å². The van der Waals surface area contributed by atoms with Crippen molar-refractivity contribution >= 4 is 11.7 Å². The molecule has 0 unspecified atom stereocenters. The van der Waals surface area contributed by atoms with E-state index in [1.54, 1.807) is 11.0 Å². The van der Waals surface area contributed by atoms with E-state index in [0.717, 1.165) is 32.0 Å². The van der Waals surface area contributed by atoms with Crippen LogP contribution in [0.1, 0.15) is 10.5 Å². The fourth-order valence-electron chi connectivity index (χ4n) is 2.57. The number of likely N-dealkylation sites (N-methyl/N-ethyl adjacent to an activating group) is 1. The Morgan fingerprint density at radius 2 is 1.76 bits per heavy atom. The summed E-state index contributed by atoms with van der Waals surface area (Å²) >= 11 is 0. The molecule has 0 atom stereocenters. The number of carbonyl (C=O) groups excluding carboxylic acids is 1. The van der Waals surface area contributed by atoms with Gasteiger partial charge in [0, 0.05) is 39.3 Å². The summed E-state index contributed by atoms with van der Waals surface area (Å²) in [7, 11) is 2.12. The van der Waals surface area contributed by atoms with Crippen LogP contribution in [-0.2, 0) is 4.74 Å². The topological polar surface area (TPSA) is 61.8 Å². The maximum absolute atomic E-state index is 12.3. The molecule has 0 radical (unpaired) electrons. The first-order valence-corrected chi connectivity index (χ1v) is 7.38. The predicted octanol–water partition coefficient (Wildman–Crippen LogP) is -0.299. The number of hydrogen-bond acceptors (Lipinski definition) is 6. The van der Waals surface area contributed by atoms with E-state index in [0.29, 0.717) is 32.0 Å². The van der Waals surface area contributed by atoms with Crippen molar-refractivity contribution in [2.75, 3.05) is 64.4 Å². The minimum absolute atomic E-state index is 0.0595. The van der Waals surface area contributed by atoms with E-state index in [-0.39, 0.29) is 5.91 Å². The number of nitrogens with zero attached hydrogens (tertiary/aromatic N) is 5. The summed E-state index contributed by atoms with van der Waals surface area (Å²) in [4.78, 5) is 18.5. The minimum Gasteiger partial charge on any atom is -0.378 e. The molecule has 0 saturated carbocycles. The third-order valence-corrected chi connectivity index (χ3v) is 4.00. The Balaban J connectivity index is 1.64. The average Bonchev–Trinajstić information content (AvgIpc) is 2.56. The summed E-state index contributed by atoms with van der Waals surface area (Å²) in [6.07, 6.45) is 0. The van der Waals surface area contributed by atoms with Crippen molar-refractivity contribution in [3.05, 3.63) is 17.8 Å². The van der Waals surface area contributed by atoms with Gasteiger partial charge in [0.2, 0.25) is 0 Å². The first kappa shape index (κ1) is 14.2. The molecule has 7 heteroatoms. The van der Waals surface area contributed by atoms with Crippen molar-refractivity contribution in [2.24, 2.45) is 0 Å². The van der Waals surface area contributed by atoms with Gasteiger partial charge in [0.25, 0.3) is 5.91 Å². The molecule has 0 aromatic carbocycles. The van der Waals surface area contributed by atoms with Crippen LogP contribution in [0, 0.1) is 0 Å². The van der Waals surface area contributed by atoms with Crippen LogP contribution in [0.25, 0.3) is 0 Å². The monoisotopic (exact) mass is 291 g/mol. The number of piperazine rings is 1. The summed E-state index contributed by atoms with van der Waals surface area (Å²) in [5.41, 5.74) is 0.412. The molecule has 0 aliphatic carbocycles. The molecule has 21 heavy (non-hydrogen) atoms. The number of amides is 1. The quantitative estimate of drug-likeness (QED) is 0.745. The lowest BCUT2D eigenvalue weighted by Gasteiger charge is -2.32. The molecule has 1 amide bonds. The van der Waals surface area contributed by atoms with Gasteiger partial charge in [-0.3, -0.25) is 4.79 Å². The third-order valence-electron chi connectivity index (χ3n) is 4.00. The van der Waals surface area contributed by atoms with Crippen LogP contribution >= 0.6 is 0 Å². The number of rotatable bonds is 2. The number of morpholine rings is 1. The van der Waals surface area contributed by atoms with Gasteiger partial charge in [-0.25, -0.2) is 0 Å². The second-order valence-electron chi connectivity index (χ2n) is 5.47. The lowest BCUT2D eigenvalue weighted by Crippen LogP contribution is -2.45. The lowest BCUT2D eigenvalue weighted by atomic mass is 10.3. The summed E-state index contributed by atoms with van der Waals surface area (Å²) < 4.78 is 5.25. The normalized spacial score (nSPS) is 20.6. The van der Waals surface area contributed by atoms with E-state index in [9.17, 15) is 4.79 Å². The Morgan fingerprint density at radius 1 is 1.05 bits per heavy atom. The van der Waals surface area contributed by atoms with Gasteiger partial charge < -0.3 is 19.4 Å². The average molecular weight is 291 g/mol. The van der Waals surface area contributed by atoms with E-state index in [1.807, 2.05) is 6.07 Å². The van der Waals surface area contributed by atoms with Gasteiger partial charge in [-0.05, 0) is 19.2 Å². The van der Waals surface area contributed by atoms with Crippen molar-refractivity contribution in [2.45, 2.75) is 0 Å². The molecule has 0 spiro atoms. The number of anilines is 1. The number of carbonyl (C=O) groups is 1. The smallest absolute Gasteiger partial charge is 0.274 e. The second kappa shape index (κ2) is 6.36. The molecule has 1 aromatic rings. The summed E-state index contributed by atoms with van der Waals surface area (Å²) in [6, 6.07) is 3.67. The number of hydrogen-bond donors (Lipinski definition) is 0. The van der Waals surface area contributed by atoms with Crippen LogP contribution in [0.2, 0.25) is 0 Å². The first-order chi connectivity index (χ1) is 10.2. The molecule has 2 saturated heterocycles. The van der Waals surface area contributed by atoms with Crippen molar-refractivity contribution in [1.29, 1.82) is 0 Å². The highest BCUT2D eigenvalue weighted by Gasteiger charge is 2.21. The Kier molecular flexibility index (Phi) is 4.31. The molecule has 2 fully saturated rings. The van der Waals surface area contributed by atoms with E-state index >= 15 is 0 Å². The second-order valence-corrected chi connectivity index (χ2v) is 5.47. The largest absolute Gasteiger partial charge is 0.378 e. The Morgan fingerprint density at radius 3 is 2.38 bits per heavy atom. The van der Waals surface area contributed by atoms with Gasteiger partial charge in [-0.2, -0.15) is 0 Å². The molecule has 2 aliphatic heterocycles. The maximum atomic E-state index is 12.3. The number of ether oxygens (including phenoxy) is 1. The van der Waals surface area contributed by atoms with Crippen molar-refractivity contribution in [1.82, 2.24) is 20.0 Å². The molecule has 1 aromatic heterocycles. The van der Waals surface area contributed by atoms with E-state index in [2.05, 4.69) is 27.0 Å². The molecular formula is C14H21N5O2. The zero-order valence-electron chi connectivity index (χ0n) is 12.4. The third kappa shape index (κ3) is 3.30. The summed E-state index contributed by atoms with van der Waals surface area (Å²) in [6.45, 7) is 6.38. The highest BCUT2D eigenvalue weighted by molar-refractivity contribution is 5.92. The molecule has 0 bridgehead atoms. The van der Waals surface area contributed by atoms with Crippen LogP contribution in [0.4, 0.5) is 5.82 Å². The van der Waals surface area contributed by atoms with Crippen LogP contribution in [0.3, 0.4) is 0 Å². The maximum Gasteiger partial charge on any atom is 0.274 e. The standard InChI is InChI=1S/C14H21N5O2/c1-17-4-6-18(7-5-17)13-3-2-12(15-16-13)14(20)19-8-10-21-11-9-19/h2-3H,4-11H2,1H3. The van der Waals surface area contributed by atoms with Crippen LogP contribution < -0.4 is 4.90 Å². The molecule has 7 nitrogen and oxygen atoms in total.